The highest BCUT2D eigenvalue weighted by Crippen LogP contribution is 2.19. The normalized spacial score (nSPS) is 15.1. The summed E-state index contributed by atoms with van der Waals surface area (Å²) in [4.78, 5) is 13.8. The van der Waals surface area contributed by atoms with Crippen LogP contribution in [0.2, 0.25) is 0 Å². The third kappa shape index (κ3) is 6.04. The molecule has 168 valence electrons. The van der Waals surface area contributed by atoms with Gasteiger partial charge in [0.15, 0.2) is 5.96 Å². The van der Waals surface area contributed by atoms with E-state index in [2.05, 4.69) is 32.2 Å². The van der Waals surface area contributed by atoms with Crippen LogP contribution in [0.25, 0.3) is 0 Å². The Morgan fingerprint density at radius 3 is 2.59 bits per heavy atom. The number of halogens is 1. The summed E-state index contributed by atoms with van der Waals surface area (Å²) >= 11 is 0. The molecule has 0 saturated carbocycles. The summed E-state index contributed by atoms with van der Waals surface area (Å²) in [5.41, 5.74) is 1.94. The molecule has 3 heterocycles. The van der Waals surface area contributed by atoms with Crippen LogP contribution in [0.3, 0.4) is 0 Å². The van der Waals surface area contributed by atoms with Crippen LogP contribution in [0.15, 0.2) is 64.4 Å². The summed E-state index contributed by atoms with van der Waals surface area (Å²) < 4.78 is 23.6. The molecule has 0 atom stereocenters. The molecule has 0 bridgehead atoms. The highest BCUT2D eigenvalue weighted by molar-refractivity contribution is 5.80. The third-order valence-electron chi connectivity index (χ3n) is 5.13. The Labute approximate surface area is 186 Å². The number of ether oxygens (including phenoxy) is 1. The molecule has 32 heavy (non-hydrogen) atoms. The van der Waals surface area contributed by atoms with Crippen LogP contribution in [-0.4, -0.2) is 58.6 Å². The molecule has 3 aromatic rings. The summed E-state index contributed by atoms with van der Waals surface area (Å²) in [5, 5.41) is 7.38. The number of pyridine rings is 1. The van der Waals surface area contributed by atoms with Gasteiger partial charge in [-0.2, -0.15) is 0 Å². The van der Waals surface area contributed by atoms with Crippen molar-refractivity contribution < 1.29 is 13.7 Å². The summed E-state index contributed by atoms with van der Waals surface area (Å²) in [7, 11) is 0. The molecule has 2 aromatic heterocycles. The van der Waals surface area contributed by atoms with Crippen molar-refractivity contribution in [2.24, 2.45) is 4.99 Å². The number of hydrogen-bond acceptors (Lipinski definition) is 6. The Bertz CT molecular complexity index is 984. The fourth-order valence-electron chi connectivity index (χ4n) is 3.45. The van der Waals surface area contributed by atoms with Crippen LogP contribution in [-0.2, 0) is 13.1 Å². The number of nitrogens with zero attached hydrogens (tertiary/aromatic N) is 5. The van der Waals surface area contributed by atoms with E-state index >= 15 is 0 Å². The summed E-state index contributed by atoms with van der Waals surface area (Å²) in [6.07, 6.45) is 3.36. The van der Waals surface area contributed by atoms with E-state index < -0.39 is 0 Å². The van der Waals surface area contributed by atoms with E-state index in [1.54, 1.807) is 30.7 Å². The lowest BCUT2D eigenvalue weighted by Gasteiger charge is -2.36. The molecular weight excluding hydrogens is 411 g/mol. The van der Waals surface area contributed by atoms with E-state index in [-0.39, 0.29) is 5.82 Å². The first-order valence-corrected chi connectivity index (χ1v) is 10.7. The first-order valence-electron chi connectivity index (χ1n) is 10.7. The van der Waals surface area contributed by atoms with E-state index in [1.807, 2.05) is 12.1 Å². The average Bonchev–Trinajstić information content (AvgIpc) is 3.33. The Morgan fingerprint density at radius 2 is 1.94 bits per heavy atom. The van der Waals surface area contributed by atoms with Gasteiger partial charge in [-0.25, -0.2) is 14.4 Å². The van der Waals surface area contributed by atoms with Crippen LogP contribution in [0.4, 0.5) is 4.39 Å². The zero-order chi connectivity index (χ0) is 22.2. The van der Waals surface area contributed by atoms with Crippen molar-refractivity contribution in [2.75, 3.05) is 32.7 Å². The smallest absolute Gasteiger partial charge is 0.219 e. The number of rotatable bonds is 7. The van der Waals surface area contributed by atoms with E-state index in [9.17, 15) is 4.39 Å². The minimum Gasteiger partial charge on any atom is -0.439 e. The molecule has 1 saturated heterocycles. The van der Waals surface area contributed by atoms with E-state index in [0.29, 0.717) is 18.2 Å². The molecule has 1 aliphatic rings. The maximum Gasteiger partial charge on any atom is 0.219 e. The van der Waals surface area contributed by atoms with Crippen LogP contribution in [0, 0.1) is 5.82 Å². The Hall–Kier alpha value is -3.46. The van der Waals surface area contributed by atoms with Crippen molar-refractivity contribution in [1.29, 1.82) is 0 Å². The average molecular weight is 439 g/mol. The van der Waals surface area contributed by atoms with E-state index in [1.165, 1.54) is 12.1 Å². The fourth-order valence-corrected chi connectivity index (χ4v) is 3.45. The third-order valence-corrected chi connectivity index (χ3v) is 5.13. The highest BCUT2D eigenvalue weighted by atomic mass is 19.1. The molecule has 1 aromatic carbocycles. The quantitative estimate of drug-likeness (QED) is 0.448. The van der Waals surface area contributed by atoms with Crippen molar-refractivity contribution in [2.45, 2.75) is 20.0 Å². The van der Waals surface area contributed by atoms with Crippen molar-refractivity contribution in [3.63, 3.8) is 0 Å². The van der Waals surface area contributed by atoms with Gasteiger partial charge in [-0.3, -0.25) is 4.90 Å². The summed E-state index contributed by atoms with van der Waals surface area (Å²) in [5.74, 6) is 1.60. The number of nitrogens with one attached hydrogen (secondary N) is 1. The zero-order valence-corrected chi connectivity index (χ0v) is 18.1. The van der Waals surface area contributed by atoms with Gasteiger partial charge in [-0.05, 0) is 36.8 Å². The molecule has 0 radical (unpaired) electrons. The Kier molecular flexibility index (Phi) is 7.29. The molecule has 0 amide bonds. The number of piperazine rings is 1. The lowest BCUT2D eigenvalue weighted by atomic mass is 10.3. The SMILES string of the molecule is CCNC(=NCc1ccc(Oc2ccc(F)cc2)nc1)N1CCN(Cc2ccon2)CC1. The van der Waals surface area contributed by atoms with Crippen molar-refractivity contribution in [3.8, 4) is 11.6 Å². The lowest BCUT2D eigenvalue weighted by molar-refractivity contribution is 0.169. The van der Waals surface area contributed by atoms with Gasteiger partial charge in [-0.15, -0.1) is 0 Å². The second-order valence-electron chi connectivity index (χ2n) is 7.48. The molecule has 8 nitrogen and oxygen atoms in total. The van der Waals surface area contributed by atoms with Gasteiger partial charge in [0, 0.05) is 57.6 Å². The molecule has 0 spiro atoms. The topological polar surface area (TPSA) is 79.0 Å². The minimum atomic E-state index is -0.300. The molecular formula is C23H27FN6O2. The van der Waals surface area contributed by atoms with Crippen molar-refractivity contribution in [3.05, 3.63) is 72.0 Å². The zero-order valence-electron chi connectivity index (χ0n) is 18.1. The second-order valence-corrected chi connectivity index (χ2v) is 7.48. The number of hydrogen-bond donors (Lipinski definition) is 1. The number of aromatic nitrogens is 2. The second kappa shape index (κ2) is 10.7. The summed E-state index contributed by atoms with van der Waals surface area (Å²) in [6.45, 7) is 7.86. The van der Waals surface area contributed by atoms with Crippen molar-refractivity contribution >= 4 is 5.96 Å². The molecule has 9 heteroatoms. The minimum absolute atomic E-state index is 0.300. The Balaban J connectivity index is 1.31. The monoisotopic (exact) mass is 438 g/mol. The number of benzene rings is 1. The van der Waals surface area contributed by atoms with E-state index in [4.69, 9.17) is 14.3 Å². The van der Waals surface area contributed by atoms with Crippen LogP contribution in [0.1, 0.15) is 18.2 Å². The largest absolute Gasteiger partial charge is 0.439 e. The number of aliphatic imine (C=N–C) groups is 1. The van der Waals surface area contributed by atoms with Gasteiger partial charge in [0.05, 0.1) is 12.2 Å². The van der Waals surface area contributed by atoms with Crippen molar-refractivity contribution in [1.82, 2.24) is 25.3 Å². The van der Waals surface area contributed by atoms with Crippen LogP contribution >= 0.6 is 0 Å². The Morgan fingerprint density at radius 1 is 1.12 bits per heavy atom. The van der Waals surface area contributed by atoms with Gasteiger partial charge in [0.2, 0.25) is 5.88 Å². The fraction of sp³-hybridized carbons (Fsp3) is 0.348. The molecule has 0 aliphatic carbocycles. The van der Waals surface area contributed by atoms with Gasteiger partial charge in [0.1, 0.15) is 17.8 Å². The molecule has 0 unspecified atom stereocenters. The van der Waals surface area contributed by atoms with Gasteiger partial charge < -0.3 is 19.5 Å². The first-order chi connectivity index (χ1) is 15.7. The molecule has 1 fully saturated rings. The maximum absolute atomic E-state index is 13.0. The van der Waals surface area contributed by atoms with E-state index in [0.717, 1.165) is 56.5 Å². The highest BCUT2D eigenvalue weighted by Gasteiger charge is 2.20. The van der Waals surface area contributed by atoms with Crippen LogP contribution in [0.5, 0.6) is 11.6 Å². The molecule has 1 aliphatic heterocycles. The van der Waals surface area contributed by atoms with Crippen LogP contribution < -0.4 is 10.1 Å². The summed E-state index contributed by atoms with van der Waals surface area (Å²) in [6, 6.07) is 11.5. The number of guanidine groups is 1. The van der Waals surface area contributed by atoms with Gasteiger partial charge in [-0.1, -0.05) is 11.2 Å². The predicted octanol–water partition coefficient (Wildman–Crippen LogP) is 3.28. The predicted molar refractivity (Wildman–Crippen MR) is 119 cm³/mol. The lowest BCUT2D eigenvalue weighted by Crippen LogP contribution is -2.52. The van der Waals surface area contributed by atoms with Gasteiger partial charge >= 0.3 is 0 Å². The standard InChI is InChI=1S/C23H27FN6O2/c1-2-25-23(30-12-10-29(11-13-30)17-20-9-14-31-28-20)27-16-18-3-8-22(26-15-18)32-21-6-4-19(24)5-7-21/h3-9,14-15H,2,10-13,16-17H2,1H3,(H,25,27). The molecule has 4 rings (SSSR count). The first kappa shape index (κ1) is 21.8. The maximum atomic E-state index is 13.0. The molecule has 1 N–H and O–H groups in total. The van der Waals surface area contributed by atoms with Gasteiger partial charge in [0.25, 0.3) is 0 Å².